The number of nitrogens with one attached hydrogen (secondary N) is 1. The van der Waals surface area contributed by atoms with Crippen LogP contribution in [0.25, 0.3) is 0 Å². The van der Waals surface area contributed by atoms with Crippen LogP contribution in [0.4, 0.5) is 5.00 Å². The van der Waals surface area contributed by atoms with E-state index in [-0.39, 0.29) is 0 Å². The highest BCUT2D eigenvalue weighted by molar-refractivity contribution is 7.14. The summed E-state index contributed by atoms with van der Waals surface area (Å²) in [4.78, 5) is 13.7. The van der Waals surface area contributed by atoms with E-state index in [2.05, 4.69) is 44.5 Å². The molecule has 0 bridgehead atoms. The molecule has 2 aromatic heterocycles. The van der Waals surface area contributed by atoms with Crippen molar-refractivity contribution in [1.82, 2.24) is 15.2 Å². The van der Waals surface area contributed by atoms with Gasteiger partial charge >= 0.3 is 0 Å². The van der Waals surface area contributed by atoms with Gasteiger partial charge in [-0.15, -0.1) is 11.3 Å². The van der Waals surface area contributed by atoms with E-state index < -0.39 is 0 Å². The standard InChI is InChI=1S/C18H25N5OS/c1-3-19-18(21-14-15-6-7-20-16(13-15)24-2)23-10-8-22(9-11-23)17-5-4-12-25-17/h4-7,12-13H,3,8-11,14H2,1-2H3,(H,19,21). The zero-order chi connectivity index (χ0) is 17.5. The number of pyridine rings is 1. The number of hydrogen-bond acceptors (Lipinski definition) is 5. The molecular weight excluding hydrogens is 334 g/mol. The predicted molar refractivity (Wildman–Crippen MR) is 104 cm³/mol. The summed E-state index contributed by atoms with van der Waals surface area (Å²) in [6.07, 6.45) is 1.76. The Balaban J connectivity index is 1.62. The van der Waals surface area contributed by atoms with E-state index in [1.807, 2.05) is 12.1 Å². The first-order valence-electron chi connectivity index (χ1n) is 8.60. The highest BCUT2D eigenvalue weighted by Gasteiger charge is 2.20. The summed E-state index contributed by atoms with van der Waals surface area (Å²) in [5.74, 6) is 1.60. The third-order valence-electron chi connectivity index (χ3n) is 4.15. The van der Waals surface area contributed by atoms with E-state index in [0.29, 0.717) is 12.4 Å². The van der Waals surface area contributed by atoms with Crippen molar-refractivity contribution in [3.63, 3.8) is 0 Å². The summed E-state index contributed by atoms with van der Waals surface area (Å²) < 4.78 is 5.18. The first-order valence-corrected chi connectivity index (χ1v) is 9.48. The molecule has 3 rings (SSSR count). The number of piperazine rings is 1. The van der Waals surface area contributed by atoms with Crippen molar-refractivity contribution in [1.29, 1.82) is 0 Å². The van der Waals surface area contributed by atoms with Crippen LogP contribution >= 0.6 is 11.3 Å². The van der Waals surface area contributed by atoms with Crippen molar-refractivity contribution in [3.8, 4) is 5.88 Å². The van der Waals surface area contributed by atoms with Crippen molar-refractivity contribution in [2.75, 3.05) is 44.7 Å². The number of rotatable bonds is 5. The Bertz CT molecular complexity index is 681. The summed E-state index contributed by atoms with van der Waals surface area (Å²) in [5.41, 5.74) is 1.10. The van der Waals surface area contributed by atoms with Gasteiger partial charge in [0.05, 0.1) is 18.7 Å². The molecule has 0 atom stereocenters. The van der Waals surface area contributed by atoms with Crippen LogP contribution in [0.2, 0.25) is 0 Å². The number of guanidine groups is 1. The fourth-order valence-electron chi connectivity index (χ4n) is 2.84. The van der Waals surface area contributed by atoms with Gasteiger partial charge in [-0.05, 0) is 36.1 Å². The van der Waals surface area contributed by atoms with Gasteiger partial charge in [-0.3, -0.25) is 0 Å². The highest BCUT2D eigenvalue weighted by atomic mass is 32.1. The fraction of sp³-hybridized carbons (Fsp3) is 0.444. The molecule has 2 aromatic rings. The number of aliphatic imine (C=N–C) groups is 1. The normalized spacial score (nSPS) is 15.4. The lowest BCUT2D eigenvalue weighted by molar-refractivity contribution is 0.373. The molecule has 0 radical (unpaired) electrons. The van der Waals surface area contributed by atoms with Gasteiger partial charge in [0.1, 0.15) is 0 Å². The van der Waals surface area contributed by atoms with E-state index in [9.17, 15) is 0 Å². The van der Waals surface area contributed by atoms with Gasteiger partial charge in [0.15, 0.2) is 5.96 Å². The molecule has 1 saturated heterocycles. The molecule has 1 N–H and O–H groups in total. The van der Waals surface area contributed by atoms with Crippen LogP contribution in [0, 0.1) is 0 Å². The van der Waals surface area contributed by atoms with Crippen molar-refractivity contribution >= 4 is 22.3 Å². The zero-order valence-corrected chi connectivity index (χ0v) is 15.6. The highest BCUT2D eigenvalue weighted by Crippen LogP contribution is 2.22. The van der Waals surface area contributed by atoms with Crippen LogP contribution in [-0.4, -0.2) is 55.7 Å². The summed E-state index contributed by atoms with van der Waals surface area (Å²) in [5, 5.41) is 6.90. The topological polar surface area (TPSA) is 53.0 Å². The molecule has 0 aromatic carbocycles. The van der Waals surface area contributed by atoms with E-state index in [1.54, 1.807) is 24.6 Å². The molecule has 7 heteroatoms. The number of anilines is 1. The molecule has 1 aliphatic rings. The number of thiophene rings is 1. The molecule has 0 amide bonds. The van der Waals surface area contributed by atoms with Gasteiger partial charge in [-0.25, -0.2) is 9.98 Å². The van der Waals surface area contributed by atoms with E-state index in [4.69, 9.17) is 9.73 Å². The van der Waals surface area contributed by atoms with E-state index in [1.165, 1.54) is 5.00 Å². The maximum Gasteiger partial charge on any atom is 0.213 e. The second-order valence-electron chi connectivity index (χ2n) is 5.80. The number of methoxy groups -OCH3 is 1. The number of hydrogen-bond donors (Lipinski definition) is 1. The summed E-state index contributed by atoms with van der Waals surface area (Å²) >= 11 is 1.80. The Morgan fingerprint density at radius 2 is 2.16 bits per heavy atom. The first-order chi connectivity index (χ1) is 12.3. The molecule has 0 aliphatic carbocycles. The molecule has 6 nitrogen and oxygen atoms in total. The van der Waals surface area contributed by atoms with E-state index in [0.717, 1.165) is 44.2 Å². The lowest BCUT2D eigenvalue weighted by Gasteiger charge is -2.37. The first kappa shape index (κ1) is 17.5. The minimum Gasteiger partial charge on any atom is -0.481 e. The summed E-state index contributed by atoms with van der Waals surface area (Å²) in [6, 6.07) is 8.21. The largest absolute Gasteiger partial charge is 0.481 e. The molecular formula is C18H25N5OS. The van der Waals surface area contributed by atoms with Gasteiger partial charge in [0, 0.05) is 45.0 Å². The summed E-state index contributed by atoms with van der Waals surface area (Å²) in [7, 11) is 1.63. The SMILES string of the molecule is CCNC(=NCc1ccnc(OC)c1)N1CCN(c2cccs2)CC1. The van der Waals surface area contributed by atoms with Crippen LogP contribution in [0.5, 0.6) is 5.88 Å². The number of aromatic nitrogens is 1. The lowest BCUT2D eigenvalue weighted by Crippen LogP contribution is -2.52. The second kappa shape index (κ2) is 8.71. The van der Waals surface area contributed by atoms with Crippen molar-refractivity contribution in [3.05, 3.63) is 41.4 Å². The molecule has 0 spiro atoms. The van der Waals surface area contributed by atoms with Crippen molar-refractivity contribution in [2.45, 2.75) is 13.5 Å². The summed E-state index contributed by atoms with van der Waals surface area (Å²) in [6.45, 7) is 7.58. The Labute approximate surface area is 153 Å². The third kappa shape index (κ3) is 4.63. The maximum atomic E-state index is 5.18. The number of ether oxygens (including phenoxy) is 1. The zero-order valence-electron chi connectivity index (χ0n) is 14.8. The van der Waals surface area contributed by atoms with Gasteiger partial charge < -0.3 is 19.9 Å². The minimum atomic E-state index is 0.617. The quantitative estimate of drug-likeness (QED) is 0.656. The third-order valence-corrected chi connectivity index (χ3v) is 5.08. The van der Waals surface area contributed by atoms with Crippen LogP contribution in [0.3, 0.4) is 0 Å². The molecule has 0 saturated carbocycles. The van der Waals surface area contributed by atoms with Crippen molar-refractivity contribution in [2.24, 2.45) is 4.99 Å². The Kier molecular flexibility index (Phi) is 6.11. The predicted octanol–water partition coefficient (Wildman–Crippen LogP) is 2.44. The average Bonchev–Trinajstić information content (AvgIpc) is 3.20. The Morgan fingerprint density at radius 1 is 1.32 bits per heavy atom. The van der Waals surface area contributed by atoms with Gasteiger partial charge in [0.2, 0.25) is 5.88 Å². The van der Waals surface area contributed by atoms with Crippen LogP contribution < -0.4 is 15.0 Å². The molecule has 3 heterocycles. The Morgan fingerprint density at radius 3 is 2.84 bits per heavy atom. The molecule has 0 unspecified atom stereocenters. The van der Waals surface area contributed by atoms with Crippen molar-refractivity contribution < 1.29 is 4.74 Å². The fourth-order valence-corrected chi connectivity index (χ4v) is 3.63. The van der Waals surface area contributed by atoms with E-state index >= 15 is 0 Å². The van der Waals surface area contributed by atoms with Crippen LogP contribution in [0.1, 0.15) is 12.5 Å². The van der Waals surface area contributed by atoms with Gasteiger partial charge in [-0.1, -0.05) is 0 Å². The van der Waals surface area contributed by atoms with Gasteiger partial charge in [-0.2, -0.15) is 0 Å². The average molecular weight is 359 g/mol. The smallest absolute Gasteiger partial charge is 0.213 e. The monoisotopic (exact) mass is 359 g/mol. The van der Waals surface area contributed by atoms with Crippen LogP contribution in [-0.2, 0) is 6.54 Å². The minimum absolute atomic E-state index is 0.617. The van der Waals surface area contributed by atoms with Crippen LogP contribution in [0.15, 0.2) is 40.8 Å². The Hall–Kier alpha value is -2.28. The number of nitrogens with zero attached hydrogens (tertiary/aromatic N) is 4. The molecule has 1 aliphatic heterocycles. The second-order valence-corrected chi connectivity index (χ2v) is 6.73. The lowest BCUT2D eigenvalue weighted by atomic mass is 10.2. The molecule has 25 heavy (non-hydrogen) atoms. The molecule has 134 valence electrons. The molecule has 1 fully saturated rings. The van der Waals surface area contributed by atoms with Gasteiger partial charge in [0.25, 0.3) is 0 Å². The maximum absolute atomic E-state index is 5.18.